The molecule has 1 saturated carbocycles. The number of carboxylic acid groups (broad SMARTS) is 1. The van der Waals surface area contributed by atoms with Crippen LogP contribution >= 0.6 is 0 Å². The largest absolute Gasteiger partial charge is 0.507 e. The Balaban J connectivity index is 2.26. The molecular weight excluding hydrogens is 216 g/mol. The third-order valence-electron chi connectivity index (χ3n) is 3.66. The van der Waals surface area contributed by atoms with Crippen LogP contribution in [0.1, 0.15) is 54.4 Å². The highest BCUT2D eigenvalue weighted by Gasteiger charge is 2.22. The van der Waals surface area contributed by atoms with E-state index >= 15 is 0 Å². The molecule has 1 fully saturated rings. The molecule has 0 heterocycles. The van der Waals surface area contributed by atoms with Gasteiger partial charge in [0.15, 0.2) is 0 Å². The summed E-state index contributed by atoms with van der Waals surface area (Å²) in [5, 5.41) is 18.5. The average Bonchev–Trinajstić information content (AvgIpc) is 2.29. The summed E-state index contributed by atoms with van der Waals surface area (Å²) >= 11 is 0. The lowest BCUT2D eigenvalue weighted by molar-refractivity contribution is 0.0693. The molecule has 3 heteroatoms. The van der Waals surface area contributed by atoms with Gasteiger partial charge in [0.1, 0.15) is 11.3 Å². The van der Waals surface area contributed by atoms with Crippen LogP contribution in [-0.2, 0) is 0 Å². The van der Waals surface area contributed by atoms with Gasteiger partial charge in [0, 0.05) is 0 Å². The quantitative estimate of drug-likeness (QED) is 0.824. The molecule has 0 saturated heterocycles. The Bertz CT molecular complexity index is 425. The molecule has 2 N–H and O–H groups in total. The Morgan fingerprint density at radius 2 is 2.12 bits per heavy atom. The Labute approximate surface area is 101 Å². The molecule has 1 aliphatic carbocycles. The standard InChI is InChI=1S/C14H18O3/c1-9-3-2-4-10(7-9)11-5-6-13(15)12(8-11)14(16)17/h5-6,8-10,15H,2-4,7H2,1H3,(H,16,17). The summed E-state index contributed by atoms with van der Waals surface area (Å²) < 4.78 is 0. The van der Waals surface area contributed by atoms with E-state index in [9.17, 15) is 9.90 Å². The van der Waals surface area contributed by atoms with E-state index in [4.69, 9.17) is 5.11 Å². The lowest BCUT2D eigenvalue weighted by Gasteiger charge is -2.27. The fourth-order valence-corrected chi connectivity index (χ4v) is 2.72. The highest BCUT2D eigenvalue weighted by atomic mass is 16.4. The van der Waals surface area contributed by atoms with Gasteiger partial charge in [-0.3, -0.25) is 0 Å². The van der Waals surface area contributed by atoms with Crippen LogP contribution in [0, 0.1) is 5.92 Å². The molecule has 0 bridgehead atoms. The molecule has 0 aliphatic heterocycles. The number of carbonyl (C=O) groups is 1. The molecule has 1 aliphatic rings. The van der Waals surface area contributed by atoms with Gasteiger partial charge in [0.2, 0.25) is 0 Å². The van der Waals surface area contributed by atoms with Crippen molar-refractivity contribution >= 4 is 5.97 Å². The maximum absolute atomic E-state index is 11.0. The van der Waals surface area contributed by atoms with Crippen LogP contribution in [-0.4, -0.2) is 16.2 Å². The van der Waals surface area contributed by atoms with E-state index in [1.165, 1.54) is 18.9 Å². The second-order valence-electron chi connectivity index (χ2n) is 5.05. The van der Waals surface area contributed by atoms with Crippen molar-refractivity contribution in [2.24, 2.45) is 5.92 Å². The SMILES string of the molecule is CC1CCCC(c2ccc(O)c(C(=O)O)c2)C1. The third kappa shape index (κ3) is 2.60. The van der Waals surface area contributed by atoms with E-state index in [1.807, 2.05) is 6.07 Å². The molecule has 0 amide bonds. The minimum Gasteiger partial charge on any atom is -0.507 e. The molecule has 92 valence electrons. The second-order valence-corrected chi connectivity index (χ2v) is 5.05. The van der Waals surface area contributed by atoms with E-state index in [0.29, 0.717) is 11.8 Å². The smallest absolute Gasteiger partial charge is 0.339 e. The molecule has 1 aromatic rings. The minimum atomic E-state index is -1.06. The van der Waals surface area contributed by atoms with Crippen LogP contribution in [0.5, 0.6) is 5.75 Å². The monoisotopic (exact) mass is 234 g/mol. The van der Waals surface area contributed by atoms with Crippen molar-refractivity contribution in [2.75, 3.05) is 0 Å². The van der Waals surface area contributed by atoms with Crippen molar-refractivity contribution in [1.82, 2.24) is 0 Å². The Morgan fingerprint density at radius 3 is 2.76 bits per heavy atom. The zero-order valence-corrected chi connectivity index (χ0v) is 10.0. The predicted octanol–water partition coefficient (Wildman–Crippen LogP) is 3.38. The van der Waals surface area contributed by atoms with Crippen LogP contribution in [0.25, 0.3) is 0 Å². The Kier molecular flexibility index (Phi) is 3.36. The van der Waals surface area contributed by atoms with Gasteiger partial charge in [-0.25, -0.2) is 4.79 Å². The van der Waals surface area contributed by atoms with Gasteiger partial charge in [-0.05, 0) is 42.4 Å². The Hall–Kier alpha value is -1.51. The summed E-state index contributed by atoms with van der Waals surface area (Å²) in [5.41, 5.74) is 1.06. The molecule has 2 rings (SSSR count). The van der Waals surface area contributed by atoms with Gasteiger partial charge in [0.25, 0.3) is 0 Å². The van der Waals surface area contributed by atoms with Crippen LogP contribution < -0.4 is 0 Å². The number of benzene rings is 1. The first-order chi connectivity index (χ1) is 8.08. The van der Waals surface area contributed by atoms with Crippen molar-refractivity contribution in [3.8, 4) is 5.75 Å². The maximum Gasteiger partial charge on any atom is 0.339 e. The summed E-state index contributed by atoms with van der Waals surface area (Å²) in [5.74, 6) is -0.0633. The first kappa shape index (κ1) is 12.0. The first-order valence-corrected chi connectivity index (χ1v) is 6.14. The lowest BCUT2D eigenvalue weighted by Crippen LogP contribution is -2.12. The fraction of sp³-hybridized carbons (Fsp3) is 0.500. The van der Waals surface area contributed by atoms with Crippen molar-refractivity contribution in [1.29, 1.82) is 0 Å². The van der Waals surface area contributed by atoms with E-state index in [1.54, 1.807) is 6.07 Å². The van der Waals surface area contributed by atoms with E-state index < -0.39 is 5.97 Å². The molecule has 3 nitrogen and oxygen atoms in total. The van der Waals surface area contributed by atoms with Crippen molar-refractivity contribution in [3.05, 3.63) is 29.3 Å². The van der Waals surface area contributed by atoms with Gasteiger partial charge >= 0.3 is 5.97 Å². The summed E-state index contributed by atoms with van der Waals surface area (Å²) in [6.45, 7) is 2.24. The summed E-state index contributed by atoms with van der Waals surface area (Å²) in [7, 11) is 0. The molecule has 2 unspecified atom stereocenters. The zero-order valence-electron chi connectivity index (χ0n) is 10.0. The van der Waals surface area contributed by atoms with E-state index in [2.05, 4.69) is 6.92 Å². The number of aromatic carboxylic acids is 1. The average molecular weight is 234 g/mol. The second kappa shape index (κ2) is 4.78. The highest BCUT2D eigenvalue weighted by Crippen LogP contribution is 2.37. The van der Waals surface area contributed by atoms with Crippen LogP contribution in [0.15, 0.2) is 18.2 Å². The van der Waals surface area contributed by atoms with Crippen molar-refractivity contribution < 1.29 is 15.0 Å². The minimum absolute atomic E-state index is 0.0146. The molecular formula is C14H18O3. The summed E-state index contributed by atoms with van der Waals surface area (Å²) in [4.78, 5) is 11.0. The first-order valence-electron chi connectivity index (χ1n) is 6.14. The number of carboxylic acids is 1. The fourth-order valence-electron chi connectivity index (χ4n) is 2.72. The van der Waals surface area contributed by atoms with Gasteiger partial charge in [0.05, 0.1) is 0 Å². The van der Waals surface area contributed by atoms with Gasteiger partial charge in [-0.2, -0.15) is 0 Å². The van der Waals surface area contributed by atoms with Crippen molar-refractivity contribution in [2.45, 2.75) is 38.5 Å². The number of rotatable bonds is 2. The molecule has 0 spiro atoms. The van der Waals surface area contributed by atoms with Crippen LogP contribution in [0.3, 0.4) is 0 Å². The highest BCUT2D eigenvalue weighted by molar-refractivity contribution is 5.90. The van der Waals surface area contributed by atoms with E-state index in [0.717, 1.165) is 18.4 Å². The zero-order chi connectivity index (χ0) is 12.4. The molecule has 0 radical (unpaired) electrons. The normalized spacial score (nSPS) is 24.5. The predicted molar refractivity (Wildman–Crippen MR) is 65.4 cm³/mol. The van der Waals surface area contributed by atoms with Crippen molar-refractivity contribution in [3.63, 3.8) is 0 Å². The van der Waals surface area contributed by atoms with Gasteiger partial charge < -0.3 is 10.2 Å². The Morgan fingerprint density at radius 1 is 1.35 bits per heavy atom. The number of hydrogen-bond donors (Lipinski definition) is 2. The number of aromatic hydroxyl groups is 1. The lowest BCUT2D eigenvalue weighted by atomic mass is 9.78. The number of hydrogen-bond acceptors (Lipinski definition) is 2. The van der Waals surface area contributed by atoms with Gasteiger partial charge in [-0.1, -0.05) is 25.8 Å². The molecule has 17 heavy (non-hydrogen) atoms. The summed E-state index contributed by atoms with van der Waals surface area (Å²) in [6, 6.07) is 4.98. The third-order valence-corrected chi connectivity index (χ3v) is 3.66. The van der Waals surface area contributed by atoms with Gasteiger partial charge in [-0.15, -0.1) is 0 Å². The summed E-state index contributed by atoms with van der Waals surface area (Å²) in [6.07, 6.45) is 4.70. The maximum atomic E-state index is 11.0. The molecule has 1 aromatic carbocycles. The van der Waals surface area contributed by atoms with Crippen LogP contribution in [0.4, 0.5) is 0 Å². The molecule has 2 atom stereocenters. The van der Waals surface area contributed by atoms with E-state index in [-0.39, 0.29) is 11.3 Å². The van der Waals surface area contributed by atoms with Crippen LogP contribution in [0.2, 0.25) is 0 Å². The topological polar surface area (TPSA) is 57.5 Å². The molecule has 0 aromatic heterocycles. The number of phenols is 1.